The van der Waals surface area contributed by atoms with Crippen molar-refractivity contribution in [3.63, 3.8) is 0 Å². The van der Waals surface area contributed by atoms with Gasteiger partial charge in [-0.1, -0.05) is 11.6 Å². The second kappa shape index (κ2) is 6.18. The predicted molar refractivity (Wildman–Crippen MR) is 65.6 cm³/mol. The van der Waals surface area contributed by atoms with E-state index in [1.165, 1.54) is 25.2 Å². The molecule has 1 atom stereocenters. The Morgan fingerprint density at radius 1 is 1.67 bits per heavy atom. The van der Waals surface area contributed by atoms with E-state index in [4.69, 9.17) is 22.1 Å². The summed E-state index contributed by atoms with van der Waals surface area (Å²) in [5.74, 6) is -0.615. The molecule has 0 radical (unpaired) electrons. The molecule has 0 aromatic heterocycles. The van der Waals surface area contributed by atoms with Crippen LogP contribution in [0.4, 0.5) is 5.69 Å². The average molecular weight is 274 g/mol. The molecule has 0 bridgehead atoms. The number of ether oxygens (including phenoxy) is 1. The molecule has 3 N–H and O–H groups in total. The second-order valence-electron chi connectivity index (χ2n) is 3.42. The van der Waals surface area contributed by atoms with Gasteiger partial charge in [-0.2, -0.15) is 0 Å². The Hall–Kier alpha value is -1.86. The smallest absolute Gasteiger partial charge is 0.311 e. The van der Waals surface area contributed by atoms with Crippen LogP contribution in [0, 0.1) is 10.1 Å². The summed E-state index contributed by atoms with van der Waals surface area (Å²) in [5.41, 5.74) is 4.87. The van der Waals surface area contributed by atoms with E-state index in [1.54, 1.807) is 0 Å². The molecular formula is C10H12ClN3O4. The highest BCUT2D eigenvalue weighted by molar-refractivity contribution is 6.30. The van der Waals surface area contributed by atoms with E-state index in [9.17, 15) is 14.9 Å². The van der Waals surface area contributed by atoms with E-state index in [2.05, 4.69) is 5.32 Å². The SMILES string of the molecule is CNC(COc1cc(Cl)ccc1[N+](=O)[O-])C(N)=O. The van der Waals surface area contributed by atoms with Crippen molar-refractivity contribution in [1.29, 1.82) is 0 Å². The number of hydrogen-bond acceptors (Lipinski definition) is 5. The maximum atomic E-state index is 11.0. The quantitative estimate of drug-likeness (QED) is 0.586. The molecule has 1 rings (SSSR count). The minimum Gasteiger partial charge on any atom is -0.485 e. The van der Waals surface area contributed by atoms with Crippen molar-refractivity contribution in [2.24, 2.45) is 5.73 Å². The summed E-state index contributed by atoms with van der Waals surface area (Å²) < 4.78 is 5.20. The summed E-state index contributed by atoms with van der Waals surface area (Å²) in [6.07, 6.45) is 0. The lowest BCUT2D eigenvalue weighted by atomic mass is 10.3. The molecule has 0 spiro atoms. The number of likely N-dealkylation sites (N-methyl/N-ethyl adjacent to an activating group) is 1. The van der Waals surface area contributed by atoms with Gasteiger partial charge in [-0.15, -0.1) is 0 Å². The Labute approximate surface area is 108 Å². The van der Waals surface area contributed by atoms with Gasteiger partial charge in [0.25, 0.3) is 0 Å². The third-order valence-corrected chi connectivity index (χ3v) is 2.45. The molecule has 0 saturated carbocycles. The van der Waals surface area contributed by atoms with E-state index in [-0.39, 0.29) is 18.0 Å². The minimum atomic E-state index is -0.733. The van der Waals surface area contributed by atoms with Crippen molar-refractivity contribution >= 4 is 23.2 Å². The van der Waals surface area contributed by atoms with Crippen molar-refractivity contribution in [3.05, 3.63) is 33.3 Å². The topological polar surface area (TPSA) is 107 Å². The van der Waals surface area contributed by atoms with Crippen molar-refractivity contribution < 1.29 is 14.5 Å². The number of amides is 1. The van der Waals surface area contributed by atoms with Gasteiger partial charge in [0.2, 0.25) is 5.91 Å². The first-order chi connectivity index (χ1) is 8.45. The molecule has 18 heavy (non-hydrogen) atoms. The molecular weight excluding hydrogens is 262 g/mol. The molecule has 1 unspecified atom stereocenters. The number of halogens is 1. The number of carbonyl (C=O) groups is 1. The van der Waals surface area contributed by atoms with Crippen molar-refractivity contribution in [2.75, 3.05) is 13.7 Å². The van der Waals surface area contributed by atoms with Crippen molar-refractivity contribution in [1.82, 2.24) is 5.32 Å². The Morgan fingerprint density at radius 3 is 2.83 bits per heavy atom. The normalized spacial score (nSPS) is 11.9. The largest absolute Gasteiger partial charge is 0.485 e. The minimum absolute atomic E-state index is 0.00556. The number of primary amides is 1. The fourth-order valence-corrected chi connectivity index (χ4v) is 1.40. The lowest BCUT2D eigenvalue weighted by Gasteiger charge is -2.13. The molecule has 1 aromatic carbocycles. The molecule has 98 valence electrons. The van der Waals surface area contributed by atoms with Crippen LogP contribution in [0.25, 0.3) is 0 Å². The highest BCUT2D eigenvalue weighted by atomic mass is 35.5. The van der Waals surface area contributed by atoms with Crippen LogP contribution in [0.15, 0.2) is 18.2 Å². The van der Waals surface area contributed by atoms with Gasteiger partial charge < -0.3 is 15.8 Å². The first kappa shape index (κ1) is 14.2. The summed E-state index contributed by atoms with van der Waals surface area (Å²) in [5, 5.41) is 13.7. The lowest BCUT2D eigenvalue weighted by molar-refractivity contribution is -0.385. The van der Waals surface area contributed by atoms with Crippen LogP contribution < -0.4 is 15.8 Å². The summed E-state index contributed by atoms with van der Waals surface area (Å²) in [6, 6.07) is 3.20. The zero-order chi connectivity index (χ0) is 13.7. The van der Waals surface area contributed by atoms with Gasteiger partial charge in [0.1, 0.15) is 12.6 Å². The van der Waals surface area contributed by atoms with Crippen LogP contribution in [0.3, 0.4) is 0 Å². The Morgan fingerprint density at radius 2 is 2.33 bits per heavy atom. The monoisotopic (exact) mass is 273 g/mol. The number of nitrogens with zero attached hydrogens (tertiary/aromatic N) is 1. The van der Waals surface area contributed by atoms with E-state index in [0.717, 1.165) is 0 Å². The molecule has 1 aromatic rings. The number of carbonyl (C=O) groups excluding carboxylic acids is 1. The highest BCUT2D eigenvalue weighted by Crippen LogP contribution is 2.29. The maximum absolute atomic E-state index is 11.0. The number of nitro groups is 1. The molecule has 0 aliphatic heterocycles. The Kier molecular flexibility index (Phi) is 4.87. The van der Waals surface area contributed by atoms with Gasteiger partial charge >= 0.3 is 5.69 Å². The highest BCUT2D eigenvalue weighted by Gasteiger charge is 2.19. The first-order valence-corrected chi connectivity index (χ1v) is 5.36. The second-order valence-corrected chi connectivity index (χ2v) is 3.86. The molecule has 0 aliphatic rings. The van der Waals surface area contributed by atoms with Crippen LogP contribution in [0.2, 0.25) is 5.02 Å². The van der Waals surface area contributed by atoms with E-state index >= 15 is 0 Å². The number of nitrogens with two attached hydrogens (primary N) is 1. The van der Waals surface area contributed by atoms with Gasteiger partial charge in [0.15, 0.2) is 5.75 Å². The number of nitro benzene ring substituents is 1. The van der Waals surface area contributed by atoms with Gasteiger partial charge in [0.05, 0.1) is 4.92 Å². The van der Waals surface area contributed by atoms with Gasteiger partial charge in [-0.05, 0) is 13.1 Å². The number of rotatable bonds is 6. The molecule has 7 nitrogen and oxygen atoms in total. The van der Waals surface area contributed by atoms with Crippen LogP contribution >= 0.6 is 11.6 Å². The average Bonchev–Trinajstić information content (AvgIpc) is 2.29. The van der Waals surface area contributed by atoms with E-state index < -0.39 is 16.9 Å². The van der Waals surface area contributed by atoms with Crippen LogP contribution in [-0.4, -0.2) is 30.5 Å². The van der Waals surface area contributed by atoms with Gasteiger partial charge in [0, 0.05) is 17.2 Å². The van der Waals surface area contributed by atoms with Crippen LogP contribution in [0.5, 0.6) is 5.75 Å². The van der Waals surface area contributed by atoms with Gasteiger partial charge in [-0.3, -0.25) is 14.9 Å². The summed E-state index contributed by atoms with van der Waals surface area (Å²) in [6.45, 7) is -0.118. The number of hydrogen-bond donors (Lipinski definition) is 2. The maximum Gasteiger partial charge on any atom is 0.311 e. The van der Waals surface area contributed by atoms with Crippen molar-refractivity contribution in [3.8, 4) is 5.75 Å². The molecule has 0 fully saturated rings. The van der Waals surface area contributed by atoms with E-state index in [1.807, 2.05) is 0 Å². The Bertz CT molecular complexity index is 466. The van der Waals surface area contributed by atoms with E-state index in [0.29, 0.717) is 5.02 Å². The fraction of sp³-hybridized carbons (Fsp3) is 0.300. The van der Waals surface area contributed by atoms with Crippen LogP contribution in [-0.2, 0) is 4.79 Å². The third-order valence-electron chi connectivity index (χ3n) is 2.22. The number of nitrogens with one attached hydrogen (secondary N) is 1. The standard InChI is InChI=1S/C10H12ClN3O4/c1-13-7(10(12)15)5-18-9-4-6(11)2-3-8(9)14(16)17/h2-4,7,13H,5H2,1H3,(H2,12,15). The van der Waals surface area contributed by atoms with Crippen molar-refractivity contribution in [2.45, 2.75) is 6.04 Å². The zero-order valence-corrected chi connectivity index (χ0v) is 10.3. The molecule has 8 heteroatoms. The molecule has 1 amide bonds. The summed E-state index contributed by atoms with van der Waals surface area (Å²) in [7, 11) is 1.53. The predicted octanol–water partition coefficient (Wildman–Crippen LogP) is 0.700. The Balaban J connectivity index is 2.86. The third kappa shape index (κ3) is 3.57. The number of benzene rings is 1. The fourth-order valence-electron chi connectivity index (χ4n) is 1.24. The summed E-state index contributed by atoms with van der Waals surface area (Å²) >= 11 is 5.72. The van der Waals surface area contributed by atoms with Crippen LogP contribution in [0.1, 0.15) is 0 Å². The lowest BCUT2D eigenvalue weighted by Crippen LogP contribution is -2.43. The molecule has 0 aliphatic carbocycles. The molecule has 0 saturated heterocycles. The molecule has 0 heterocycles. The first-order valence-electron chi connectivity index (χ1n) is 4.99. The van der Waals surface area contributed by atoms with Gasteiger partial charge in [-0.25, -0.2) is 0 Å². The summed E-state index contributed by atoms with van der Waals surface area (Å²) in [4.78, 5) is 21.1. The zero-order valence-electron chi connectivity index (χ0n) is 9.55.